The Balaban J connectivity index is 2.24. The van der Waals surface area contributed by atoms with Crippen molar-refractivity contribution >= 4 is 0 Å². The van der Waals surface area contributed by atoms with E-state index in [2.05, 4.69) is 62.4 Å². The fourth-order valence-corrected chi connectivity index (χ4v) is 2.09. The van der Waals surface area contributed by atoms with E-state index in [-0.39, 0.29) is 0 Å². The Morgan fingerprint density at radius 3 is 2.19 bits per heavy atom. The minimum atomic E-state index is 1.04. The van der Waals surface area contributed by atoms with Crippen molar-refractivity contribution in [2.45, 2.75) is 26.7 Å². The standard InChI is InChI=1S/C16H18/c1-3-14-9-13(2)10-16(11-14)12-15-7-5-4-6-8-15/h4-11H,3,12H2,1-2H3. The number of hydrogen-bond donors (Lipinski definition) is 0. The van der Waals surface area contributed by atoms with Gasteiger partial charge in [0.1, 0.15) is 0 Å². The van der Waals surface area contributed by atoms with Crippen molar-refractivity contribution in [2.24, 2.45) is 0 Å². The third-order valence-corrected chi connectivity index (χ3v) is 2.86. The minimum absolute atomic E-state index is 1.04. The second-order valence-corrected chi connectivity index (χ2v) is 4.34. The Morgan fingerprint density at radius 1 is 0.812 bits per heavy atom. The molecule has 0 heterocycles. The fourth-order valence-electron chi connectivity index (χ4n) is 2.09. The predicted octanol–water partition coefficient (Wildman–Crippen LogP) is 4.15. The first-order valence-electron chi connectivity index (χ1n) is 5.91. The molecule has 0 unspecified atom stereocenters. The van der Waals surface area contributed by atoms with E-state index in [0.29, 0.717) is 0 Å². The summed E-state index contributed by atoms with van der Waals surface area (Å²) >= 11 is 0. The summed E-state index contributed by atoms with van der Waals surface area (Å²) < 4.78 is 0. The van der Waals surface area contributed by atoms with Crippen LogP contribution in [0.4, 0.5) is 0 Å². The van der Waals surface area contributed by atoms with Crippen LogP contribution in [0.3, 0.4) is 0 Å². The molecule has 0 saturated carbocycles. The molecule has 0 radical (unpaired) electrons. The van der Waals surface area contributed by atoms with Crippen molar-refractivity contribution in [3.63, 3.8) is 0 Å². The lowest BCUT2D eigenvalue weighted by Gasteiger charge is -2.06. The minimum Gasteiger partial charge on any atom is -0.0622 e. The summed E-state index contributed by atoms with van der Waals surface area (Å²) in [6.07, 6.45) is 2.15. The van der Waals surface area contributed by atoms with Crippen LogP contribution in [0.25, 0.3) is 0 Å². The highest BCUT2D eigenvalue weighted by Gasteiger charge is 1.99. The zero-order chi connectivity index (χ0) is 11.4. The molecule has 82 valence electrons. The van der Waals surface area contributed by atoms with E-state index in [0.717, 1.165) is 12.8 Å². The summed E-state index contributed by atoms with van der Waals surface area (Å²) in [6.45, 7) is 4.38. The van der Waals surface area contributed by atoms with Crippen LogP contribution in [0.1, 0.15) is 29.2 Å². The lowest BCUT2D eigenvalue weighted by atomic mass is 9.99. The summed E-state index contributed by atoms with van der Waals surface area (Å²) in [6, 6.07) is 17.5. The van der Waals surface area contributed by atoms with Crippen LogP contribution in [0.5, 0.6) is 0 Å². The predicted molar refractivity (Wildman–Crippen MR) is 69.8 cm³/mol. The highest BCUT2D eigenvalue weighted by atomic mass is 14.0. The smallest absolute Gasteiger partial charge is 0.00256 e. The Bertz CT molecular complexity index is 455. The van der Waals surface area contributed by atoms with Gasteiger partial charge in [-0.1, -0.05) is 61.0 Å². The average molecular weight is 210 g/mol. The van der Waals surface area contributed by atoms with Crippen LogP contribution in [0.2, 0.25) is 0 Å². The first kappa shape index (κ1) is 10.9. The Kier molecular flexibility index (Phi) is 3.40. The van der Waals surface area contributed by atoms with Gasteiger partial charge in [0.15, 0.2) is 0 Å². The average Bonchev–Trinajstić information content (AvgIpc) is 2.29. The summed E-state index contributed by atoms with van der Waals surface area (Å²) in [7, 11) is 0. The number of rotatable bonds is 3. The Labute approximate surface area is 97.9 Å². The summed E-state index contributed by atoms with van der Waals surface area (Å²) in [4.78, 5) is 0. The molecule has 0 aliphatic rings. The van der Waals surface area contributed by atoms with E-state index >= 15 is 0 Å². The third-order valence-electron chi connectivity index (χ3n) is 2.86. The topological polar surface area (TPSA) is 0 Å². The van der Waals surface area contributed by atoms with Crippen LogP contribution in [0.15, 0.2) is 48.5 Å². The van der Waals surface area contributed by atoms with Crippen LogP contribution in [0, 0.1) is 6.92 Å². The molecular weight excluding hydrogens is 192 g/mol. The highest BCUT2D eigenvalue weighted by Crippen LogP contribution is 2.14. The second kappa shape index (κ2) is 4.98. The molecule has 2 aromatic carbocycles. The van der Waals surface area contributed by atoms with E-state index < -0.39 is 0 Å². The van der Waals surface area contributed by atoms with Gasteiger partial charge in [-0.15, -0.1) is 0 Å². The lowest BCUT2D eigenvalue weighted by Crippen LogP contribution is -1.91. The maximum absolute atomic E-state index is 2.32. The van der Waals surface area contributed by atoms with Crippen LogP contribution in [-0.2, 0) is 12.8 Å². The zero-order valence-corrected chi connectivity index (χ0v) is 10.0. The van der Waals surface area contributed by atoms with Crippen molar-refractivity contribution in [1.82, 2.24) is 0 Å². The fraction of sp³-hybridized carbons (Fsp3) is 0.250. The molecule has 0 fully saturated rings. The van der Waals surface area contributed by atoms with Crippen LogP contribution >= 0.6 is 0 Å². The molecule has 16 heavy (non-hydrogen) atoms. The highest BCUT2D eigenvalue weighted by molar-refractivity contribution is 5.33. The van der Waals surface area contributed by atoms with Crippen molar-refractivity contribution in [1.29, 1.82) is 0 Å². The normalized spacial score (nSPS) is 10.4. The van der Waals surface area contributed by atoms with E-state index in [1.807, 2.05) is 0 Å². The number of hydrogen-bond acceptors (Lipinski definition) is 0. The Hall–Kier alpha value is -1.56. The van der Waals surface area contributed by atoms with Gasteiger partial charge in [-0.05, 0) is 36.5 Å². The Morgan fingerprint density at radius 2 is 1.50 bits per heavy atom. The van der Waals surface area contributed by atoms with Gasteiger partial charge in [-0.25, -0.2) is 0 Å². The molecule has 0 aliphatic carbocycles. The zero-order valence-electron chi connectivity index (χ0n) is 10.0. The lowest BCUT2D eigenvalue weighted by molar-refractivity contribution is 1.10. The molecular formula is C16H18. The van der Waals surface area contributed by atoms with Crippen molar-refractivity contribution in [3.8, 4) is 0 Å². The summed E-state index contributed by atoms with van der Waals surface area (Å²) in [5.41, 5.74) is 5.61. The van der Waals surface area contributed by atoms with Gasteiger partial charge in [0.05, 0.1) is 0 Å². The molecule has 0 nitrogen and oxygen atoms in total. The second-order valence-electron chi connectivity index (χ2n) is 4.34. The SMILES string of the molecule is CCc1cc(C)cc(Cc2ccccc2)c1. The van der Waals surface area contributed by atoms with E-state index in [9.17, 15) is 0 Å². The van der Waals surface area contributed by atoms with Gasteiger partial charge in [-0.3, -0.25) is 0 Å². The molecule has 0 atom stereocenters. The molecule has 0 bridgehead atoms. The maximum atomic E-state index is 2.32. The molecule has 0 aliphatic heterocycles. The number of aryl methyl sites for hydroxylation is 2. The maximum Gasteiger partial charge on any atom is -0.00256 e. The largest absolute Gasteiger partial charge is 0.0622 e. The molecule has 0 saturated heterocycles. The third kappa shape index (κ3) is 2.73. The summed E-state index contributed by atoms with van der Waals surface area (Å²) in [5.74, 6) is 0. The quantitative estimate of drug-likeness (QED) is 0.714. The van der Waals surface area contributed by atoms with E-state index in [1.165, 1.54) is 22.3 Å². The molecule has 0 heteroatoms. The van der Waals surface area contributed by atoms with Gasteiger partial charge < -0.3 is 0 Å². The van der Waals surface area contributed by atoms with E-state index in [1.54, 1.807) is 0 Å². The monoisotopic (exact) mass is 210 g/mol. The number of benzene rings is 2. The van der Waals surface area contributed by atoms with Crippen molar-refractivity contribution in [2.75, 3.05) is 0 Å². The molecule has 0 aromatic heterocycles. The van der Waals surface area contributed by atoms with Crippen molar-refractivity contribution < 1.29 is 0 Å². The molecule has 0 spiro atoms. The van der Waals surface area contributed by atoms with Gasteiger partial charge in [0.25, 0.3) is 0 Å². The first-order chi connectivity index (χ1) is 7.78. The van der Waals surface area contributed by atoms with Gasteiger partial charge in [0.2, 0.25) is 0 Å². The summed E-state index contributed by atoms with van der Waals surface area (Å²) in [5, 5.41) is 0. The van der Waals surface area contributed by atoms with Crippen LogP contribution in [-0.4, -0.2) is 0 Å². The van der Waals surface area contributed by atoms with Crippen LogP contribution < -0.4 is 0 Å². The molecule has 0 N–H and O–H groups in total. The first-order valence-corrected chi connectivity index (χ1v) is 5.91. The van der Waals surface area contributed by atoms with Gasteiger partial charge in [-0.2, -0.15) is 0 Å². The molecule has 2 aromatic rings. The van der Waals surface area contributed by atoms with E-state index in [4.69, 9.17) is 0 Å². The molecule has 0 amide bonds. The molecule has 2 rings (SSSR count). The van der Waals surface area contributed by atoms with Crippen molar-refractivity contribution in [3.05, 3.63) is 70.8 Å². The van der Waals surface area contributed by atoms with Gasteiger partial charge in [0, 0.05) is 0 Å². The van der Waals surface area contributed by atoms with Gasteiger partial charge >= 0.3 is 0 Å².